The van der Waals surface area contributed by atoms with Crippen LogP contribution >= 0.6 is 0 Å². The van der Waals surface area contributed by atoms with Crippen LogP contribution in [0.3, 0.4) is 0 Å². The van der Waals surface area contributed by atoms with Crippen molar-refractivity contribution in [1.82, 2.24) is 15.1 Å². The van der Waals surface area contributed by atoms with Gasteiger partial charge in [0.05, 0.1) is 24.6 Å². The van der Waals surface area contributed by atoms with Crippen LogP contribution in [0.5, 0.6) is 0 Å². The van der Waals surface area contributed by atoms with Gasteiger partial charge >= 0.3 is 0 Å². The Morgan fingerprint density at radius 3 is 2.78 bits per heavy atom. The van der Waals surface area contributed by atoms with Gasteiger partial charge in [0.1, 0.15) is 0 Å². The van der Waals surface area contributed by atoms with E-state index in [-0.39, 0.29) is 24.5 Å². The Hall–Kier alpha value is -1.69. The molecule has 0 aliphatic carbocycles. The van der Waals surface area contributed by atoms with E-state index in [0.29, 0.717) is 17.5 Å². The molecule has 100 valence electrons. The van der Waals surface area contributed by atoms with E-state index < -0.39 is 0 Å². The van der Waals surface area contributed by atoms with Crippen molar-refractivity contribution in [2.75, 3.05) is 6.54 Å². The third kappa shape index (κ3) is 4.29. The Bertz CT molecular complexity index is 445. The standard InChI is InChI=1S/C12H19FN4O/c1-12(2,3)16-11(18)10-6-15-17(8-10)7-9(4-13)5-14/h4,6,8H,5,7,14H2,1-3H3,(H,16,18)/b9-4+. The van der Waals surface area contributed by atoms with Gasteiger partial charge in [0, 0.05) is 18.3 Å². The third-order valence-electron chi connectivity index (χ3n) is 2.17. The molecule has 1 amide bonds. The van der Waals surface area contributed by atoms with Gasteiger partial charge < -0.3 is 11.1 Å². The third-order valence-corrected chi connectivity index (χ3v) is 2.17. The van der Waals surface area contributed by atoms with E-state index in [1.54, 1.807) is 6.20 Å². The summed E-state index contributed by atoms with van der Waals surface area (Å²) >= 11 is 0. The lowest BCUT2D eigenvalue weighted by Crippen LogP contribution is -2.40. The molecule has 0 bridgehead atoms. The molecule has 0 unspecified atom stereocenters. The van der Waals surface area contributed by atoms with E-state index in [1.807, 2.05) is 20.8 Å². The van der Waals surface area contributed by atoms with Crippen molar-refractivity contribution >= 4 is 5.91 Å². The van der Waals surface area contributed by atoms with E-state index in [9.17, 15) is 9.18 Å². The maximum absolute atomic E-state index is 12.4. The number of rotatable bonds is 4. The number of carbonyl (C=O) groups excluding carboxylic acids is 1. The Morgan fingerprint density at radius 2 is 2.28 bits per heavy atom. The van der Waals surface area contributed by atoms with E-state index in [2.05, 4.69) is 10.4 Å². The fourth-order valence-electron chi connectivity index (χ4n) is 1.33. The van der Waals surface area contributed by atoms with Crippen LogP contribution in [0.4, 0.5) is 4.39 Å². The largest absolute Gasteiger partial charge is 0.347 e. The summed E-state index contributed by atoms with van der Waals surface area (Å²) in [6.45, 7) is 6.06. The molecule has 0 saturated heterocycles. The summed E-state index contributed by atoms with van der Waals surface area (Å²) in [5.74, 6) is -0.202. The van der Waals surface area contributed by atoms with E-state index in [0.717, 1.165) is 0 Å². The van der Waals surface area contributed by atoms with Crippen molar-refractivity contribution in [3.8, 4) is 0 Å². The minimum absolute atomic E-state index is 0.125. The predicted octanol–water partition coefficient (Wildman–Crippen LogP) is 1.22. The number of carbonyl (C=O) groups is 1. The zero-order valence-electron chi connectivity index (χ0n) is 10.9. The fourth-order valence-corrected chi connectivity index (χ4v) is 1.33. The number of hydrogen-bond donors (Lipinski definition) is 2. The molecule has 0 atom stereocenters. The van der Waals surface area contributed by atoms with Gasteiger partial charge in [0.15, 0.2) is 0 Å². The van der Waals surface area contributed by atoms with Gasteiger partial charge in [-0.2, -0.15) is 5.10 Å². The average molecular weight is 254 g/mol. The molecule has 0 aliphatic heterocycles. The normalized spacial score (nSPS) is 12.6. The second kappa shape index (κ2) is 5.77. The molecular weight excluding hydrogens is 235 g/mol. The SMILES string of the molecule is CC(C)(C)NC(=O)c1cnn(C/C(=C/F)CN)c1. The minimum atomic E-state index is -0.305. The van der Waals surface area contributed by atoms with Crippen molar-refractivity contribution < 1.29 is 9.18 Å². The zero-order valence-corrected chi connectivity index (χ0v) is 10.9. The van der Waals surface area contributed by atoms with Gasteiger partial charge in [-0.05, 0) is 26.3 Å². The highest BCUT2D eigenvalue weighted by molar-refractivity contribution is 5.94. The van der Waals surface area contributed by atoms with E-state index >= 15 is 0 Å². The molecular formula is C12H19FN4O. The molecule has 0 spiro atoms. The first kappa shape index (κ1) is 14.4. The van der Waals surface area contributed by atoms with Gasteiger partial charge in [-0.1, -0.05) is 0 Å². The monoisotopic (exact) mass is 254 g/mol. The van der Waals surface area contributed by atoms with Crippen LogP contribution in [0.25, 0.3) is 0 Å². The smallest absolute Gasteiger partial charge is 0.254 e. The number of aromatic nitrogens is 2. The number of nitrogens with one attached hydrogen (secondary N) is 1. The lowest BCUT2D eigenvalue weighted by Gasteiger charge is -2.19. The molecule has 6 heteroatoms. The maximum Gasteiger partial charge on any atom is 0.254 e. The lowest BCUT2D eigenvalue weighted by atomic mass is 10.1. The highest BCUT2D eigenvalue weighted by atomic mass is 19.1. The average Bonchev–Trinajstić information content (AvgIpc) is 2.72. The molecule has 1 rings (SSSR count). The van der Waals surface area contributed by atoms with E-state index in [1.165, 1.54) is 10.9 Å². The summed E-state index contributed by atoms with van der Waals surface area (Å²) in [6, 6.07) is 0. The topological polar surface area (TPSA) is 72.9 Å². The van der Waals surface area contributed by atoms with Gasteiger partial charge in [0.25, 0.3) is 5.91 Å². The summed E-state index contributed by atoms with van der Waals surface area (Å²) in [7, 11) is 0. The Morgan fingerprint density at radius 1 is 1.61 bits per heavy atom. The van der Waals surface area contributed by atoms with Crippen molar-refractivity contribution in [2.45, 2.75) is 32.9 Å². The molecule has 1 heterocycles. The van der Waals surface area contributed by atoms with Crippen LogP contribution in [0.2, 0.25) is 0 Å². The molecule has 0 radical (unpaired) electrons. The van der Waals surface area contributed by atoms with Crippen molar-refractivity contribution in [1.29, 1.82) is 0 Å². The molecule has 0 fully saturated rings. The fraction of sp³-hybridized carbons (Fsp3) is 0.500. The second-order valence-electron chi connectivity index (χ2n) is 5.10. The first-order valence-electron chi connectivity index (χ1n) is 5.69. The number of amides is 1. The highest BCUT2D eigenvalue weighted by Gasteiger charge is 2.16. The Kier molecular flexibility index (Phi) is 4.61. The first-order chi connectivity index (χ1) is 8.35. The Labute approximate surface area is 106 Å². The van der Waals surface area contributed by atoms with Crippen molar-refractivity contribution in [3.63, 3.8) is 0 Å². The number of nitrogens with zero attached hydrogens (tertiary/aromatic N) is 2. The van der Waals surface area contributed by atoms with Crippen LogP contribution in [0, 0.1) is 0 Å². The summed E-state index contributed by atoms with van der Waals surface area (Å²) in [5.41, 5.74) is 5.91. The highest BCUT2D eigenvalue weighted by Crippen LogP contribution is 2.05. The molecule has 3 N–H and O–H groups in total. The van der Waals surface area contributed by atoms with Gasteiger partial charge in [0.2, 0.25) is 0 Å². The summed E-state index contributed by atoms with van der Waals surface area (Å²) < 4.78 is 13.9. The Balaban J connectivity index is 2.72. The second-order valence-corrected chi connectivity index (χ2v) is 5.10. The predicted molar refractivity (Wildman–Crippen MR) is 67.7 cm³/mol. The molecule has 1 aromatic heterocycles. The molecule has 0 aliphatic rings. The molecule has 5 nitrogen and oxygen atoms in total. The quantitative estimate of drug-likeness (QED) is 0.848. The number of hydrogen-bond acceptors (Lipinski definition) is 3. The minimum Gasteiger partial charge on any atom is -0.347 e. The van der Waals surface area contributed by atoms with Crippen molar-refractivity contribution in [2.24, 2.45) is 5.73 Å². The van der Waals surface area contributed by atoms with Gasteiger partial charge in [-0.3, -0.25) is 9.48 Å². The zero-order chi connectivity index (χ0) is 13.8. The number of nitrogens with two attached hydrogens (primary N) is 1. The maximum atomic E-state index is 12.4. The summed E-state index contributed by atoms with van der Waals surface area (Å²) in [4.78, 5) is 11.8. The molecule has 1 aromatic rings. The molecule has 0 aromatic carbocycles. The first-order valence-corrected chi connectivity index (χ1v) is 5.69. The van der Waals surface area contributed by atoms with Crippen LogP contribution in [-0.4, -0.2) is 27.8 Å². The summed E-state index contributed by atoms with van der Waals surface area (Å²) in [5, 5.41) is 6.82. The number of halogens is 1. The molecule has 0 saturated carbocycles. The van der Waals surface area contributed by atoms with Crippen LogP contribution in [0.1, 0.15) is 31.1 Å². The van der Waals surface area contributed by atoms with E-state index in [4.69, 9.17) is 5.73 Å². The van der Waals surface area contributed by atoms with Crippen LogP contribution in [0.15, 0.2) is 24.3 Å². The summed E-state index contributed by atoms with van der Waals surface area (Å²) in [6.07, 6.45) is 3.49. The van der Waals surface area contributed by atoms with Crippen molar-refractivity contribution in [3.05, 3.63) is 29.9 Å². The van der Waals surface area contributed by atoms with Gasteiger partial charge in [-0.25, -0.2) is 4.39 Å². The van der Waals surface area contributed by atoms with Crippen LogP contribution in [-0.2, 0) is 6.54 Å². The van der Waals surface area contributed by atoms with Crippen LogP contribution < -0.4 is 11.1 Å². The lowest BCUT2D eigenvalue weighted by molar-refractivity contribution is 0.0919. The van der Waals surface area contributed by atoms with Gasteiger partial charge in [-0.15, -0.1) is 0 Å². The molecule has 18 heavy (non-hydrogen) atoms.